The Kier molecular flexibility index (Phi) is 1.34. The summed E-state index contributed by atoms with van der Waals surface area (Å²) < 4.78 is 5.72. The second kappa shape index (κ2) is 2.09. The zero-order chi connectivity index (χ0) is 7.14. The molecule has 2 rings (SSSR count). The van der Waals surface area contributed by atoms with Crippen LogP contribution in [-0.2, 0) is 4.74 Å². The molecule has 0 unspecified atom stereocenters. The second-order valence-electron chi connectivity index (χ2n) is 3.49. The van der Waals surface area contributed by atoms with Gasteiger partial charge in [0.1, 0.15) is 0 Å². The molecule has 56 valence electrons. The van der Waals surface area contributed by atoms with Gasteiger partial charge in [-0.2, -0.15) is 0 Å². The summed E-state index contributed by atoms with van der Waals surface area (Å²) >= 11 is 0. The Hall–Kier alpha value is -0.300. The summed E-state index contributed by atoms with van der Waals surface area (Å²) in [6.07, 6.45) is 4.77. The number of rotatable bonds is 0. The van der Waals surface area contributed by atoms with E-state index in [1.807, 2.05) is 0 Å². The van der Waals surface area contributed by atoms with Crippen molar-refractivity contribution in [3.05, 3.63) is 11.1 Å². The minimum atomic E-state index is 0.485. The molecule has 10 heavy (non-hydrogen) atoms. The van der Waals surface area contributed by atoms with E-state index in [2.05, 4.69) is 13.8 Å². The lowest BCUT2D eigenvalue weighted by Crippen LogP contribution is -2.19. The Labute approximate surface area is 62.1 Å². The van der Waals surface area contributed by atoms with Crippen LogP contribution in [0.25, 0.3) is 0 Å². The van der Waals surface area contributed by atoms with E-state index >= 15 is 0 Å². The van der Waals surface area contributed by atoms with Gasteiger partial charge in [-0.1, -0.05) is 5.57 Å². The molecule has 0 aliphatic carbocycles. The van der Waals surface area contributed by atoms with Crippen LogP contribution < -0.4 is 0 Å². The molecular weight excluding hydrogens is 124 g/mol. The minimum Gasteiger partial charge on any atom is -0.370 e. The van der Waals surface area contributed by atoms with E-state index in [0.29, 0.717) is 12.2 Å². The van der Waals surface area contributed by atoms with E-state index in [-0.39, 0.29) is 0 Å². The molecule has 2 atom stereocenters. The highest BCUT2D eigenvalue weighted by molar-refractivity contribution is 5.20. The molecule has 0 amide bonds. The molecule has 0 radical (unpaired) electrons. The first-order valence-electron chi connectivity index (χ1n) is 4.09. The van der Waals surface area contributed by atoms with Crippen molar-refractivity contribution in [2.24, 2.45) is 0 Å². The molecule has 0 saturated carbocycles. The van der Waals surface area contributed by atoms with E-state index in [1.165, 1.54) is 24.8 Å². The molecule has 0 spiro atoms. The lowest BCUT2D eigenvalue weighted by Gasteiger charge is -2.22. The maximum absolute atomic E-state index is 5.72. The van der Waals surface area contributed by atoms with E-state index < -0.39 is 0 Å². The van der Waals surface area contributed by atoms with Crippen molar-refractivity contribution < 1.29 is 4.74 Å². The first kappa shape index (κ1) is 6.41. The zero-order valence-electron chi connectivity index (χ0n) is 6.68. The van der Waals surface area contributed by atoms with Gasteiger partial charge in [-0.3, -0.25) is 0 Å². The average Bonchev–Trinajstić information content (AvgIpc) is 2.29. The number of hydrogen-bond acceptors (Lipinski definition) is 1. The number of ether oxygens (including phenoxy) is 1. The summed E-state index contributed by atoms with van der Waals surface area (Å²) in [5.74, 6) is 0. The standard InChI is InChI=1S/C9H14O/c1-6-5-8-3-4-9(10-8)7(6)2/h8-9H,3-5H2,1-2H3/t8-,9+/m0/s1. The minimum absolute atomic E-state index is 0.485. The Morgan fingerprint density at radius 2 is 2.10 bits per heavy atom. The molecule has 0 N–H and O–H groups in total. The van der Waals surface area contributed by atoms with Crippen LogP contribution in [0.4, 0.5) is 0 Å². The van der Waals surface area contributed by atoms with Gasteiger partial charge in [-0.05, 0) is 38.7 Å². The first-order chi connectivity index (χ1) is 4.77. The van der Waals surface area contributed by atoms with Crippen LogP contribution in [0.2, 0.25) is 0 Å². The highest BCUT2D eigenvalue weighted by atomic mass is 16.5. The molecule has 0 aromatic rings. The molecule has 1 nitrogen and oxygen atoms in total. The van der Waals surface area contributed by atoms with E-state index in [4.69, 9.17) is 4.74 Å². The van der Waals surface area contributed by atoms with Gasteiger partial charge in [0, 0.05) is 0 Å². The molecule has 2 aliphatic rings. The summed E-state index contributed by atoms with van der Waals surface area (Å²) in [5, 5.41) is 0. The summed E-state index contributed by atoms with van der Waals surface area (Å²) in [6, 6.07) is 0. The SMILES string of the molecule is CC1=C(C)[C@H]2CC[C@@H](C1)O2. The fourth-order valence-corrected chi connectivity index (χ4v) is 1.95. The third-order valence-corrected chi connectivity index (χ3v) is 2.80. The van der Waals surface area contributed by atoms with Crippen molar-refractivity contribution in [1.82, 2.24) is 0 Å². The number of hydrogen-bond donors (Lipinski definition) is 0. The second-order valence-corrected chi connectivity index (χ2v) is 3.49. The van der Waals surface area contributed by atoms with Crippen molar-refractivity contribution in [3.63, 3.8) is 0 Å². The topological polar surface area (TPSA) is 9.23 Å². The maximum atomic E-state index is 5.72. The van der Waals surface area contributed by atoms with Crippen molar-refractivity contribution in [2.45, 2.75) is 45.3 Å². The lowest BCUT2D eigenvalue weighted by molar-refractivity contribution is 0.0531. The number of fused-ring (bicyclic) bond motifs is 2. The normalized spacial score (nSPS) is 39.0. The van der Waals surface area contributed by atoms with E-state index in [1.54, 1.807) is 5.57 Å². The molecule has 2 heterocycles. The van der Waals surface area contributed by atoms with Gasteiger partial charge in [-0.15, -0.1) is 0 Å². The maximum Gasteiger partial charge on any atom is 0.0789 e. The van der Waals surface area contributed by atoms with Gasteiger partial charge in [-0.25, -0.2) is 0 Å². The molecule has 1 heteroatoms. The van der Waals surface area contributed by atoms with Crippen molar-refractivity contribution in [2.75, 3.05) is 0 Å². The predicted octanol–water partition coefficient (Wildman–Crippen LogP) is 2.27. The van der Waals surface area contributed by atoms with Gasteiger partial charge in [0.2, 0.25) is 0 Å². The van der Waals surface area contributed by atoms with Gasteiger partial charge >= 0.3 is 0 Å². The first-order valence-corrected chi connectivity index (χ1v) is 4.09. The van der Waals surface area contributed by atoms with E-state index in [9.17, 15) is 0 Å². The Balaban J connectivity index is 2.28. The zero-order valence-corrected chi connectivity index (χ0v) is 6.68. The molecule has 1 fully saturated rings. The van der Waals surface area contributed by atoms with Gasteiger partial charge in [0.05, 0.1) is 12.2 Å². The summed E-state index contributed by atoms with van der Waals surface area (Å²) in [4.78, 5) is 0. The van der Waals surface area contributed by atoms with Crippen LogP contribution in [0.15, 0.2) is 11.1 Å². The average molecular weight is 138 g/mol. The van der Waals surface area contributed by atoms with Crippen molar-refractivity contribution >= 4 is 0 Å². The van der Waals surface area contributed by atoms with Gasteiger partial charge < -0.3 is 4.74 Å². The fourth-order valence-electron chi connectivity index (χ4n) is 1.95. The summed E-state index contributed by atoms with van der Waals surface area (Å²) in [5.41, 5.74) is 3.06. The Morgan fingerprint density at radius 3 is 2.90 bits per heavy atom. The van der Waals surface area contributed by atoms with Crippen LogP contribution in [-0.4, -0.2) is 12.2 Å². The monoisotopic (exact) mass is 138 g/mol. The van der Waals surface area contributed by atoms with Gasteiger partial charge in [0.15, 0.2) is 0 Å². The summed E-state index contributed by atoms with van der Waals surface area (Å²) in [6.45, 7) is 4.45. The van der Waals surface area contributed by atoms with Crippen molar-refractivity contribution in [3.8, 4) is 0 Å². The Bertz CT molecular complexity index is 181. The van der Waals surface area contributed by atoms with Crippen LogP contribution in [0.5, 0.6) is 0 Å². The Morgan fingerprint density at radius 1 is 1.30 bits per heavy atom. The largest absolute Gasteiger partial charge is 0.370 e. The summed E-state index contributed by atoms with van der Waals surface area (Å²) in [7, 11) is 0. The van der Waals surface area contributed by atoms with Gasteiger partial charge in [0.25, 0.3) is 0 Å². The van der Waals surface area contributed by atoms with Crippen LogP contribution in [0.3, 0.4) is 0 Å². The highest BCUT2D eigenvalue weighted by Crippen LogP contribution is 2.35. The molecular formula is C9H14O. The van der Waals surface area contributed by atoms with Crippen LogP contribution in [0.1, 0.15) is 33.1 Å². The van der Waals surface area contributed by atoms with E-state index in [0.717, 1.165) is 0 Å². The lowest BCUT2D eigenvalue weighted by atomic mass is 10.0. The molecule has 0 aromatic heterocycles. The molecule has 0 aromatic carbocycles. The quantitative estimate of drug-likeness (QED) is 0.466. The molecule has 1 saturated heterocycles. The van der Waals surface area contributed by atoms with Crippen LogP contribution >= 0.6 is 0 Å². The third-order valence-electron chi connectivity index (χ3n) is 2.80. The van der Waals surface area contributed by atoms with Crippen LogP contribution in [0, 0.1) is 0 Å². The smallest absolute Gasteiger partial charge is 0.0789 e. The highest BCUT2D eigenvalue weighted by Gasteiger charge is 2.31. The molecule has 2 aliphatic heterocycles. The van der Waals surface area contributed by atoms with Crippen molar-refractivity contribution in [1.29, 1.82) is 0 Å². The molecule has 2 bridgehead atoms. The third kappa shape index (κ3) is 0.807. The predicted molar refractivity (Wildman–Crippen MR) is 40.9 cm³/mol. The fraction of sp³-hybridized carbons (Fsp3) is 0.778.